The van der Waals surface area contributed by atoms with Crippen molar-refractivity contribution < 1.29 is 33.4 Å². The van der Waals surface area contributed by atoms with Crippen LogP contribution in [0, 0.1) is 0 Å². The highest BCUT2D eigenvalue weighted by Gasteiger charge is 2.30. The van der Waals surface area contributed by atoms with Crippen molar-refractivity contribution in [1.29, 1.82) is 0 Å². The molecule has 0 atom stereocenters. The summed E-state index contributed by atoms with van der Waals surface area (Å²) in [4.78, 5) is 66.5. The first-order valence-electron chi connectivity index (χ1n) is 16.5. The van der Waals surface area contributed by atoms with Crippen molar-refractivity contribution in [3.05, 3.63) is 59.4 Å². The van der Waals surface area contributed by atoms with Gasteiger partial charge in [0, 0.05) is 46.5 Å². The predicted molar refractivity (Wildman–Crippen MR) is 182 cm³/mol. The van der Waals surface area contributed by atoms with Gasteiger partial charge in [-0.2, -0.15) is 0 Å². The maximum absolute atomic E-state index is 12.8. The Morgan fingerprint density at radius 1 is 0.820 bits per heavy atom. The van der Waals surface area contributed by atoms with Gasteiger partial charge in [-0.05, 0) is 37.1 Å². The second kappa shape index (κ2) is 15.1. The third-order valence-corrected chi connectivity index (χ3v) is 8.54. The topological polar surface area (TPSA) is 184 Å². The van der Waals surface area contributed by atoms with Gasteiger partial charge < -0.3 is 44.6 Å². The van der Waals surface area contributed by atoms with Gasteiger partial charge in [0.25, 0.3) is 0 Å². The lowest BCUT2D eigenvalue weighted by Gasteiger charge is -2.30. The number of imidazole rings is 2. The predicted octanol–water partition coefficient (Wildman–Crippen LogP) is 3.50. The summed E-state index contributed by atoms with van der Waals surface area (Å²) in [6.07, 6.45) is 4.86. The highest BCUT2D eigenvalue weighted by atomic mass is 16.5. The molecule has 2 aliphatic rings. The molecule has 2 aromatic heterocycles. The second-order valence-electron chi connectivity index (χ2n) is 12.1. The van der Waals surface area contributed by atoms with Crippen LogP contribution in [0.5, 0.6) is 11.5 Å². The SMILES string of the molecule is CCCN(Cc1ncc(-c2cc3c4c(c2)OCc2cc(-c5cnc(CN(CCC)C(=O)CNC(=O)OC)[nH]5)cc(c2-4)OC3)[nH]1)C(=O)CNC=O. The van der Waals surface area contributed by atoms with Gasteiger partial charge in [-0.1, -0.05) is 13.8 Å². The molecule has 15 nitrogen and oxygen atoms in total. The van der Waals surface area contributed by atoms with Crippen LogP contribution in [-0.4, -0.2) is 87.3 Å². The molecule has 2 aliphatic heterocycles. The number of aromatic amines is 2. The smallest absolute Gasteiger partial charge is 0.407 e. The number of amides is 4. The Bertz CT molecular complexity index is 1850. The Morgan fingerprint density at radius 3 is 1.78 bits per heavy atom. The summed E-state index contributed by atoms with van der Waals surface area (Å²) in [6.45, 7) is 6.05. The minimum Gasteiger partial charge on any atom is -0.488 e. The number of carbonyl (C=O) groups is 4. The normalized spacial score (nSPS) is 12.2. The molecule has 262 valence electrons. The average molecular weight is 685 g/mol. The van der Waals surface area contributed by atoms with Crippen LogP contribution < -0.4 is 20.1 Å². The minimum atomic E-state index is -0.660. The van der Waals surface area contributed by atoms with E-state index in [-0.39, 0.29) is 31.4 Å². The number of hydrogen-bond acceptors (Lipinski definition) is 9. The Hall–Kier alpha value is -5.86. The van der Waals surface area contributed by atoms with E-state index in [1.807, 2.05) is 26.0 Å². The van der Waals surface area contributed by atoms with Crippen molar-refractivity contribution in [3.63, 3.8) is 0 Å². The summed E-state index contributed by atoms with van der Waals surface area (Å²) in [5, 5.41) is 4.87. The monoisotopic (exact) mass is 684 g/mol. The van der Waals surface area contributed by atoms with Gasteiger partial charge in [-0.25, -0.2) is 14.8 Å². The molecule has 50 heavy (non-hydrogen) atoms. The molecule has 6 rings (SSSR count). The van der Waals surface area contributed by atoms with Crippen LogP contribution in [0.15, 0.2) is 36.7 Å². The fourth-order valence-corrected chi connectivity index (χ4v) is 6.23. The Balaban J connectivity index is 1.20. The molecule has 0 radical (unpaired) electrons. The molecule has 15 heteroatoms. The molecule has 4 amide bonds. The number of nitrogens with zero attached hydrogens (tertiary/aromatic N) is 4. The molecule has 0 unspecified atom stereocenters. The molecular weight excluding hydrogens is 644 g/mol. The van der Waals surface area contributed by atoms with Crippen LogP contribution >= 0.6 is 0 Å². The number of ether oxygens (including phenoxy) is 3. The number of methoxy groups -OCH3 is 1. The van der Waals surface area contributed by atoms with Gasteiger partial charge in [-0.3, -0.25) is 14.4 Å². The molecule has 0 saturated heterocycles. The van der Waals surface area contributed by atoms with Gasteiger partial charge in [0.2, 0.25) is 18.2 Å². The molecule has 2 aromatic carbocycles. The van der Waals surface area contributed by atoms with E-state index in [9.17, 15) is 19.2 Å². The molecule has 0 fully saturated rings. The summed E-state index contributed by atoms with van der Waals surface area (Å²) < 4.78 is 17.2. The van der Waals surface area contributed by atoms with Crippen molar-refractivity contribution in [1.82, 2.24) is 40.4 Å². The average Bonchev–Trinajstić information content (AvgIpc) is 3.81. The molecule has 4 N–H and O–H groups in total. The first-order valence-corrected chi connectivity index (χ1v) is 16.5. The van der Waals surface area contributed by atoms with Crippen LogP contribution in [0.25, 0.3) is 33.6 Å². The highest BCUT2D eigenvalue weighted by molar-refractivity contribution is 5.88. The highest BCUT2D eigenvalue weighted by Crippen LogP contribution is 2.50. The molecule has 4 aromatic rings. The maximum atomic E-state index is 12.8. The van der Waals surface area contributed by atoms with Gasteiger partial charge in [0.1, 0.15) is 42.9 Å². The fourth-order valence-electron chi connectivity index (χ4n) is 6.23. The Morgan fingerprint density at radius 2 is 1.32 bits per heavy atom. The van der Waals surface area contributed by atoms with E-state index in [0.717, 1.165) is 69.1 Å². The Labute approximate surface area is 288 Å². The van der Waals surface area contributed by atoms with Crippen LogP contribution in [0.4, 0.5) is 4.79 Å². The summed E-state index contributed by atoms with van der Waals surface area (Å²) in [6, 6.07) is 8.12. The molecule has 0 bridgehead atoms. The molecule has 0 aliphatic carbocycles. The zero-order valence-electron chi connectivity index (χ0n) is 28.3. The fraction of sp³-hybridized carbons (Fsp3) is 0.371. The molecule has 0 spiro atoms. The van der Waals surface area contributed by atoms with Gasteiger partial charge in [-0.15, -0.1) is 0 Å². The van der Waals surface area contributed by atoms with E-state index in [1.165, 1.54) is 7.11 Å². The lowest BCUT2D eigenvalue weighted by molar-refractivity contribution is -0.132. The maximum Gasteiger partial charge on any atom is 0.407 e. The van der Waals surface area contributed by atoms with Gasteiger partial charge in [0.05, 0.1) is 50.5 Å². The van der Waals surface area contributed by atoms with Crippen molar-refractivity contribution >= 4 is 24.3 Å². The number of aromatic nitrogens is 4. The Kier molecular flexibility index (Phi) is 10.3. The van der Waals surface area contributed by atoms with Crippen molar-refractivity contribution in [2.24, 2.45) is 0 Å². The summed E-state index contributed by atoms with van der Waals surface area (Å²) in [5.41, 5.74) is 7.32. The van der Waals surface area contributed by atoms with Crippen LogP contribution in [-0.2, 0) is 45.4 Å². The first kappa shape index (κ1) is 34.0. The van der Waals surface area contributed by atoms with Gasteiger partial charge >= 0.3 is 6.09 Å². The van der Waals surface area contributed by atoms with E-state index >= 15 is 0 Å². The van der Waals surface area contributed by atoms with E-state index in [0.29, 0.717) is 50.9 Å². The third-order valence-electron chi connectivity index (χ3n) is 8.54. The quantitative estimate of drug-likeness (QED) is 0.136. The zero-order valence-corrected chi connectivity index (χ0v) is 28.3. The number of carbonyl (C=O) groups excluding carboxylic acids is 4. The minimum absolute atomic E-state index is 0.0601. The zero-order chi connectivity index (χ0) is 35.2. The van der Waals surface area contributed by atoms with E-state index < -0.39 is 6.09 Å². The van der Waals surface area contributed by atoms with Crippen molar-refractivity contribution in [3.8, 4) is 45.1 Å². The molecule has 0 saturated carbocycles. The lowest BCUT2D eigenvalue weighted by atomic mass is 9.87. The number of rotatable bonds is 15. The van der Waals surface area contributed by atoms with Gasteiger partial charge in [0.15, 0.2) is 0 Å². The van der Waals surface area contributed by atoms with Crippen molar-refractivity contribution in [2.75, 3.05) is 33.3 Å². The first-order chi connectivity index (χ1) is 24.3. The van der Waals surface area contributed by atoms with E-state index in [4.69, 9.17) is 9.47 Å². The third kappa shape index (κ3) is 7.26. The van der Waals surface area contributed by atoms with Crippen LogP contribution in [0.3, 0.4) is 0 Å². The lowest BCUT2D eigenvalue weighted by Crippen LogP contribution is -2.40. The molecular formula is C35H40N8O7. The summed E-state index contributed by atoms with van der Waals surface area (Å²) >= 11 is 0. The van der Waals surface area contributed by atoms with Crippen LogP contribution in [0.1, 0.15) is 49.5 Å². The number of nitrogens with one attached hydrogen (secondary N) is 4. The molecule has 4 heterocycles. The number of H-pyrrole nitrogens is 2. The van der Waals surface area contributed by atoms with Crippen molar-refractivity contribution in [2.45, 2.75) is 53.0 Å². The second-order valence-corrected chi connectivity index (χ2v) is 12.1. The van der Waals surface area contributed by atoms with Crippen LogP contribution in [0.2, 0.25) is 0 Å². The number of benzene rings is 2. The number of hydrogen-bond donors (Lipinski definition) is 4. The van der Waals surface area contributed by atoms with E-state index in [2.05, 4.69) is 47.4 Å². The summed E-state index contributed by atoms with van der Waals surface area (Å²) in [7, 11) is 1.25. The largest absolute Gasteiger partial charge is 0.488 e. The summed E-state index contributed by atoms with van der Waals surface area (Å²) in [5.74, 6) is 2.35. The number of alkyl carbamates (subject to hydrolysis) is 1. The standard InChI is InChI=1S/C35H40N8O7/c1-4-6-42(31(45)14-36-20-44)16-29-37-12-25(40-29)21-8-23-18-50-28-11-22(9-24-19-49-27(10-21)33(23)34(24)28)26-13-38-30(41-26)17-43(7-5-2)32(46)15-39-35(47)48-3/h8-13,20H,4-7,14-19H2,1-3H3,(H,36,44)(H,37,40)(H,38,41)(H,39,47). The van der Waals surface area contributed by atoms with E-state index in [1.54, 1.807) is 22.2 Å².